The van der Waals surface area contributed by atoms with Crippen molar-refractivity contribution in [3.05, 3.63) is 0 Å². The van der Waals surface area contributed by atoms with Crippen molar-refractivity contribution in [3.8, 4) is 0 Å². The molecule has 0 aromatic carbocycles. The first-order valence-electron chi connectivity index (χ1n) is 8.56. The number of nitrogens with zero attached hydrogens (tertiary/aromatic N) is 1. The zero-order valence-corrected chi connectivity index (χ0v) is 15.2. The van der Waals surface area contributed by atoms with Gasteiger partial charge in [-0.05, 0) is 64.2 Å². The smallest absolute Gasteiger partial charge is 0.394 e. The molecule has 1 aliphatic rings. The second kappa shape index (κ2) is 7.01. The highest BCUT2D eigenvalue weighted by Crippen LogP contribution is 2.45. The second-order valence-corrected chi connectivity index (χ2v) is 8.16. The summed E-state index contributed by atoms with van der Waals surface area (Å²) in [6.45, 7) is 14.6. The predicted octanol–water partition coefficient (Wildman–Crippen LogP) is 3.80. The minimum Gasteiger partial charge on any atom is -0.474 e. The van der Waals surface area contributed by atoms with E-state index in [0.717, 1.165) is 6.42 Å². The van der Waals surface area contributed by atoms with E-state index in [1.54, 1.807) is 4.90 Å². The summed E-state index contributed by atoms with van der Waals surface area (Å²) in [7, 11) is 0. The van der Waals surface area contributed by atoms with Crippen LogP contribution in [-0.2, 0) is 9.59 Å². The van der Waals surface area contributed by atoms with Crippen LogP contribution < -0.4 is 0 Å². The van der Waals surface area contributed by atoms with Gasteiger partial charge in [-0.25, -0.2) is 4.79 Å². The number of aliphatic carboxylic acids is 1. The number of hydrogen-bond acceptors (Lipinski definition) is 2. The van der Waals surface area contributed by atoms with Gasteiger partial charge in [0, 0.05) is 11.6 Å². The summed E-state index contributed by atoms with van der Waals surface area (Å²) in [5.74, 6) is -0.0811. The zero-order valence-electron chi connectivity index (χ0n) is 15.2. The normalized spacial score (nSPS) is 26.3. The first-order valence-corrected chi connectivity index (χ1v) is 8.56. The Morgan fingerprint density at radius 3 is 2.09 bits per heavy atom. The highest BCUT2D eigenvalue weighted by atomic mass is 16.4. The fourth-order valence-corrected chi connectivity index (χ4v) is 4.46. The standard InChI is InChI=1S/C18H33NO3/c1-11(2)14-9-8-13(5)10-15(14)18(6,7)19(12(3)4)16(20)17(21)22/h11-15H,8-10H2,1-7H3,(H,21,22). The van der Waals surface area contributed by atoms with E-state index >= 15 is 0 Å². The molecule has 0 saturated heterocycles. The maximum atomic E-state index is 12.3. The van der Waals surface area contributed by atoms with Gasteiger partial charge in [0.2, 0.25) is 0 Å². The van der Waals surface area contributed by atoms with Crippen molar-refractivity contribution in [1.82, 2.24) is 4.90 Å². The third-order valence-electron chi connectivity index (χ3n) is 5.47. The number of carboxylic acid groups (broad SMARTS) is 1. The Labute approximate surface area is 135 Å². The average molecular weight is 311 g/mol. The molecule has 4 nitrogen and oxygen atoms in total. The molecule has 1 N–H and O–H groups in total. The van der Waals surface area contributed by atoms with E-state index in [9.17, 15) is 14.7 Å². The molecule has 0 heterocycles. The molecule has 0 radical (unpaired) electrons. The Kier molecular flexibility index (Phi) is 6.05. The van der Waals surface area contributed by atoms with Crippen LogP contribution >= 0.6 is 0 Å². The van der Waals surface area contributed by atoms with Crippen LogP contribution in [0.5, 0.6) is 0 Å². The van der Waals surface area contributed by atoms with E-state index in [1.165, 1.54) is 12.8 Å². The molecule has 128 valence electrons. The van der Waals surface area contributed by atoms with Gasteiger partial charge < -0.3 is 10.0 Å². The summed E-state index contributed by atoms with van der Waals surface area (Å²) < 4.78 is 0. The van der Waals surface area contributed by atoms with Crippen LogP contribution in [0.2, 0.25) is 0 Å². The summed E-state index contributed by atoms with van der Waals surface area (Å²) >= 11 is 0. The summed E-state index contributed by atoms with van der Waals surface area (Å²) in [4.78, 5) is 25.1. The Morgan fingerprint density at radius 2 is 1.68 bits per heavy atom. The molecule has 0 spiro atoms. The van der Waals surface area contributed by atoms with Crippen LogP contribution in [-0.4, -0.2) is 33.5 Å². The van der Waals surface area contributed by atoms with Crippen LogP contribution in [0.4, 0.5) is 0 Å². The molecular weight excluding hydrogens is 278 g/mol. The molecule has 0 aliphatic heterocycles. The monoisotopic (exact) mass is 311 g/mol. The molecule has 1 amide bonds. The van der Waals surface area contributed by atoms with Gasteiger partial charge in [-0.2, -0.15) is 0 Å². The van der Waals surface area contributed by atoms with Gasteiger partial charge in [0.1, 0.15) is 0 Å². The topological polar surface area (TPSA) is 57.6 Å². The third kappa shape index (κ3) is 3.82. The molecule has 1 aliphatic carbocycles. The number of carboxylic acids is 1. The van der Waals surface area contributed by atoms with Gasteiger partial charge in [0.05, 0.1) is 0 Å². The maximum Gasteiger partial charge on any atom is 0.394 e. The van der Waals surface area contributed by atoms with Crippen LogP contribution in [0.15, 0.2) is 0 Å². The fourth-order valence-electron chi connectivity index (χ4n) is 4.46. The van der Waals surface area contributed by atoms with E-state index in [1.807, 2.05) is 27.7 Å². The number of rotatable bonds is 4. The van der Waals surface area contributed by atoms with E-state index in [2.05, 4.69) is 20.8 Å². The van der Waals surface area contributed by atoms with Crippen LogP contribution in [0.3, 0.4) is 0 Å². The SMILES string of the molecule is CC1CCC(C(C)C)C(C(C)(C)N(C(=O)C(=O)O)C(C)C)C1. The number of carbonyl (C=O) groups is 2. The van der Waals surface area contributed by atoms with Crippen molar-refractivity contribution in [3.63, 3.8) is 0 Å². The van der Waals surface area contributed by atoms with Gasteiger partial charge in [-0.15, -0.1) is 0 Å². The minimum atomic E-state index is -1.35. The molecule has 1 rings (SSSR count). The predicted molar refractivity (Wildman–Crippen MR) is 88.5 cm³/mol. The number of amides is 1. The molecular formula is C18H33NO3. The molecule has 1 fully saturated rings. The summed E-state index contributed by atoms with van der Waals surface area (Å²) in [6.07, 6.45) is 3.45. The van der Waals surface area contributed by atoms with Gasteiger partial charge in [0.15, 0.2) is 0 Å². The maximum absolute atomic E-state index is 12.3. The quantitative estimate of drug-likeness (QED) is 0.804. The number of hydrogen-bond donors (Lipinski definition) is 1. The highest BCUT2D eigenvalue weighted by Gasteiger charge is 2.47. The van der Waals surface area contributed by atoms with E-state index in [4.69, 9.17) is 0 Å². The van der Waals surface area contributed by atoms with Crippen molar-refractivity contribution in [2.24, 2.45) is 23.7 Å². The highest BCUT2D eigenvalue weighted by molar-refractivity contribution is 6.31. The first-order chi connectivity index (χ1) is 10.00. The van der Waals surface area contributed by atoms with Crippen molar-refractivity contribution in [2.75, 3.05) is 0 Å². The summed E-state index contributed by atoms with van der Waals surface area (Å²) in [5.41, 5.74) is -0.451. The Hall–Kier alpha value is -1.06. The first kappa shape index (κ1) is 19.0. The third-order valence-corrected chi connectivity index (χ3v) is 5.47. The Morgan fingerprint density at radius 1 is 1.14 bits per heavy atom. The minimum absolute atomic E-state index is 0.122. The van der Waals surface area contributed by atoms with Crippen LogP contribution in [0, 0.1) is 23.7 Å². The van der Waals surface area contributed by atoms with Gasteiger partial charge in [0.25, 0.3) is 0 Å². The van der Waals surface area contributed by atoms with Crippen molar-refractivity contribution < 1.29 is 14.7 Å². The van der Waals surface area contributed by atoms with E-state index < -0.39 is 17.4 Å². The molecule has 0 aromatic rings. The van der Waals surface area contributed by atoms with Crippen molar-refractivity contribution >= 4 is 11.9 Å². The lowest BCUT2D eigenvalue weighted by atomic mass is 9.63. The second-order valence-electron chi connectivity index (χ2n) is 8.16. The lowest BCUT2D eigenvalue weighted by molar-refractivity contribution is -0.163. The zero-order chi connectivity index (χ0) is 17.2. The van der Waals surface area contributed by atoms with E-state index in [0.29, 0.717) is 23.7 Å². The molecule has 0 aromatic heterocycles. The van der Waals surface area contributed by atoms with Crippen molar-refractivity contribution in [2.45, 2.75) is 79.3 Å². The molecule has 1 saturated carbocycles. The molecule has 4 heteroatoms. The molecule has 3 atom stereocenters. The summed E-state index contributed by atoms with van der Waals surface area (Å²) in [5, 5.41) is 9.20. The van der Waals surface area contributed by atoms with Gasteiger partial charge in [-0.3, -0.25) is 4.79 Å². The number of carbonyl (C=O) groups excluding carboxylic acids is 1. The van der Waals surface area contributed by atoms with Crippen LogP contribution in [0.25, 0.3) is 0 Å². The van der Waals surface area contributed by atoms with Crippen molar-refractivity contribution in [1.29, 1.82) is 0 Å². The van der Waals surface area contributed by atoms with Gasteiger partial charge in [-0.1, -0.05) is 27.2 Å². The van der Waals surface area contributed by atoms with Crippen LogP contribution in [0.1, 0.15) is 67.7 Å². The Balaban J connectivity index is 3.19. The van der Waals surface area contributed by atoms with E-state index in [-0.39, 0.29) is 6.04 Å². The average Bonchev–Trinajstić information content (AvgIpc) is 2.37. The largest absolute Gasteiger partial charge is 0.474 e. The molecule has 0 bridgehead atoms. The fraction of sp³-hybridized carbons (Fsp3) is 0.889. The lowest BCUT2D eigenvalue weighted by Gasteiger charge is -2.52. The van der Waals surface area contributed by atoms with Gasteiger partial charge >= 0.3 is 11.9 Å². The Bertz CT molecular complexity index is 415. The summed E-state index contributed by atoms with van der Waals surface area (Å²) in [6, 6.07) is -0.122. The molecule has 22 heavy (non-hydrogen) atoms. The molecule has 3 unspecified atom stereocenters. The lowest BCUT2D eigenvalue weighted by Crippen LogP contribution is -2.59.